The van der Waals surface area contributed by atoms with E-state index < -0.39 is 0 Å². The number of rotatable bonds is 7. The van der Waals surface area contributed by atoms with Crippen molar-refractivity contribution in [3.05, 3.63) is 34.3 Å². The van der Waals surface area contributed by atoms with Gasteiger partial charge < -0.3 is 15.1 Å². The Morgan fingerprint density at radius 3 is 2.81 bits per heavy atom. The maximum Gasteiger partial charge on any atom is 0.317 e. The van der Waals surface area contributed by atoms with Crippen LogP contribution in [0.2, 0.25) is 0 Å². The van der Waals surface area contributed by atoms with Crippen LogP contribution in [0.25, 0.3) is 0 Å². The van der Waals surface area contributed by atoms with Crippen LogP contribution in [0, 0.1) is 0 Å². The molecule has 2 atom stereocenters. The number of benzene rings is 1. The summed E-state index contributed by atoms with van der Waals surface area (Å²) in [5.41, 5.74) is 1.29. The lowest BCUT2D eigenvalue weighted by Crippen LogP contribution is -2.44. The summed E-state index contributed by atoms with van der Waals surface area (Å²) >= 11 is 3.63. The number of likely N-dealkylation sites (tertiary alicyclic amines) is 2. The number of hydrogen-bond donors (Lipinski definition) is 1. The molecule has 4 nitrogen and oxygen atoms in total. The van der Waals surface area contributed by atoms with Crippen LogP contribution < -0.4 is 5.32 Å². The van der Waals surface area contributed by atoms with E-state index in [2.05, 4.69) is 51.3 Å². The Kier molecular flexibility index (Phi) is 8.01. The first kappa shape index (κ1) is 20.7. The van der Waals surface area contributed by atoms with E-state index in [4.69, 9.17) is 0 Å². The van der Waals surface area contributed by atoms with E-state index in [1.54, 1.807) is 0 Å². The summed E-state index contributed by atoms with van der Waals surface area (Å²) in [5, 5.41) is 3.16. The molecule has 2 heterocycles. The average Bonchev–Trinajstić information content (AvgIpc) is 3.13. The summed E-state index contributed by atoms with van der Waals surface area (Å²) in [6, 6.07) is 9.52. The van der Waals surface area contributed by atoms with E-state index in [0.29, 0.717) is 6.04 Å². The molecule has 5 heteroatoms. The molecule has 0 aromatic heterocycles. The lowest BCUT2D eigenvalue weighted by molar-refractivity contribution is 0.157. The Morgan fingerprint density at radius 2 is 2.00 bits per heavy atom. The third-order valence-corrected chi connectivity index (χ3v) is 6.91. The highest BCUT2D eigenvalue weighted by atomic mass is 79.9. The third-order valence-electron chi connectivity index (χ3n) is 6.14. The van der Waals surface area contributed by atoms with Crippen molar-refractivity contribution < 1.29 is 4.79 Å². The topological polar surface area (TPSA) is 35.6 Å². The van der Waals surface area contributed by atoms with Gasteiger partial charge in [-0.05, 0) is 76.6 Å². The van der Waals surface area contributed by atoms with Crippen molar-refractivity contribution in [2.75, 3.05) is 26.2 Å². The predicted molar refractivity (Wildman–Crippen MR) is 115 cm³/mol. The van der Waals surface area contributed by atoms with Crippen molar-refractivity contribution in [1.82, 2.24) is 15.1 Å². The molecule has 2 amide bonds. The van der Waals surface area contributed by atoms with Crippen LogP contribution >= 0.6 is 15.9 Å². The molecule has 1 N–H and O–H groups in total. The number of nitrogens with zero attached hydrogens (tertiary/aromatic N) is 2. The maximum atomic E-state index is 12.6. The molecule has 2 unspecified atom stereocenters. The van der Waals surface area contributed by atoms with E-state index in [-0.39, 0.29) is 6.03 Å². The molecule has 1 aromatic carbocycles. The van der Waals surface area contributed by atoms with Crippen molar-refractivity contribution in [3.8, 4) is 0 Å². The fourth-order valence-corrected chi connectivity index (χ4v) is 4.91. The third kappa shape index (κ3) is 5.95. The Bertz CT molecular complexity index is 609. The van der Waals surface area contributed by atoms with Gasteiger partial charge in [-0.2, -0.15) is 0 Å². The summed E-state index contributed by atoms with van der Waals surface area (Å²) in [7, 11) is 0. The minimum Gasteiger partial charge on any atom is -0.338 e. The fraction of sp³-hybridized carbons (Fsp3) is 0.682. The molecule has 2 aliphatic heterocycles. The normalized spacial score (nSPS) is 23.6. The fourth-order valence-electron chi connectivity index (χ4n) is 4.46. The second-order valence-corrected chi connectivity index (χ2v) is 8.96. The zero-order valence-electron chi connectivity index (χ0n) is 16.6. The van der Waals surface area contributed by atoms with Gasteiger partial charge in [0, 0.05) is 29.6 Å². The number of urea groups is 1. The molecule has 3 rings (SSSR count). The average molecular weight is 436 g/mol. The predicted octanol–water partition coefficient (Wildman–Crippen LogP) is 4.82. The van der Waals surface area contributed by atoms with Gasteiger partial charge in [-0.15, -0.1) is 0 Å². The lowest BCUT2D eigenvalue weighted by Gasteiger charge is -2.33. The molecular weight excluding hydrogens is 402 g/mol. The quantitative estimate of drug-likeness (QED) is 0.622. The van der Waals surface area contributed by atoms with Crippen molar-refractivity contribution >= 4 is 22.0 Å². The lowest BCUT2D eigenvalue weighted by atomic mass is 10.0. The molecule has 2 saturated heterocycles. The first-order chi connectivity index (χ1) is 13.1. The maximum absolute atomic E-state index is 12.6. The van der Waals surface area contributed by atoms with Gasteiger partial charge >= 0.3 is 6.03 Å². The monoisotopic (exact) mass is 435 g/mol. The number of hydrogen-bond acceptors (Lipinski definition) is 2. The number of piperidine rings is 1. The Balaban J connectivity index is 1.37. The zero-order chi connectivity index (χ0) is 19.1. The van der Waals surface area contributed by atoms with Crippen LogP contribution in [-0.2, 0) is 6.42 Å². The van der Waals surface area contributed by atoms with Gasteiger partial charge in [0.1, 0.15) is 0 Å². The van der Waals surface area contributed by atoms with Crippen LogP contribution in [0.3, 0.4) is 0 Å². The summed E-state index contributed by atoms with van der Waals surface area (Å²) in [5.74, 6) is 0. The highest BCUT2D eigenvalue weighted by Crippen LogP contribution is 2.25. The van der Waals surface area contributed by atoms with Crippen molar-refractivity contribution in [1.29, 1.82) is 0 Å². The second-order valence-electron chi connectivity index (χ2n) is 8.10. The molecule has 2 fully saturated rings. The van der Waals surface area contributed by atoms with Gasteiger partial charge in [-0.25, -0.2) is 4.79 Å². The van der Waals surface area contributed by atoms with Crippen LogP contribution in [0.4, 0.5) is 4.79 Å². The number of unbranched alkanes of at least 4 members (excludes halogenated alkanes) is 1. The number of halogens is 1. The standard InChI is InChI=1S/C22H34BrN3O/c1-18-9-4-6-14-25(18)15-7-5-13-24-22(27)26-16-8-11-20(26)17-19-10-2-3-12-21(19)23/h2-3,10,12,18,20H,4-9,11,13-17H2,1H3,(H,24,27). The largest absolute Gasteiger partial charge is 0.338 e. The zero-order valence-corrected chi connectivity index (χ0v) is 18.2. The SMILES string of the molecule is CC1CCCCN1CCCCNC(=O)N1CCCC1Cc1ccccc1Br. The van der Waals surface area contributed by atoms with Gasteiger partial charge in [0.15, 0.2) is 0 Å². The molecule has 0 bridgehead atoms. The Hall–Kier alpha value is -1.07. The number of carbonyl (C=O) groups is 1. The van der Waals surface area contributed by atoms with E-state index in [1.807, 2.05) is 11.0 Å². The van der Waals surface area contributed by atoms with Gasteiger partial charge in [-0.3, -0.25) is 0 Å². The van der Waals surface area contributed by atoms with Crippen LogP contribution in [-0.4, -0.2) is 54.1 Å². The van der Waals surface area contributed by atoms with E-state index in [1.165, 1.54) is 44.3 Å². The molecule has 0 spiro atoms. The summed E-state index contributed by atoms with van der Waals surface area (Å²) in [4.78, 5) is 17.3. The molecule has 0 aliphatic carbocycles. The van der Waals surface area contributed by atoms with Crippen molar-refractivity contribution in [3.63, 3.8) is 0 Å². The van der Waals surface area contributed by atoms with Crippen LogP contribution in [0.5, 0.6) is 0 Å². The number of amides is 2. The van der Waals surface area contributed by atoms with E-state index in [9.17, 15) is 4.79 Å². The number of carbonyl (C=O) groups excluding carboxylic acids is 1. The van der Waals surface area contributed by atoms with E-state index in [0.717, 1.165) is 49.3 Å². The minimum absolute atomic E-state index is 0.121. The molecule has 1 aromatic rings. The van der Waals surface area contributed by atoms with Crippen LogP contribution in [0.15, 0.2) is 28.7 Å². The Morgan fingerprint density at radius 1 is 1.15 bits per heavy atom. The minimum atomic E-state index is 0.121. The number of nitrogens with one attached hydrogen (secondary N) is 1. The molecule has 0 radical (unpaired) electrons. The summed E-state index contributed by atoms with van der Waals surface area (Å²) in [6.45, 7) is 6.44. The highest BCUT2D eigenvalue weighted by molar-refractivity contribution is 9.10. The summed E-state index contributed by atoms with van der Waals surface area (Å²) < 4.78 is 1.14. The summed E-state index contributed by atoms with van der Waals surface area (Å²) in [6.07, 6.45) is 9.44. The van der Waals surface area contributed by atoms with Gasteiger partial charge in [0.25, 0.3) is 0 Å². The smallest absolute Gasteiger partial charge is 0.317 e. The van der Waals surface area contributed by atoms with Crippen molar-refractivity contribution in [2.24, 2.45) is 0 Å². The molecule has 0 saturated carbocycles. The highest BCUT2D eigenvalue weighted by Gasteiger charge is 2.29. The molecular formula is C22H34BrN3O. The van der Waals surface area contributed by atoms with E-state index >= 15 is 0 Å². The second kappa shape index (κ2) is 10.5. The van der Waals surface area contributed by atoms with Gasteiger partial charge in [0.05, 0.1) is 0 Å². The van der Waals surface area contributed by atoms with Gasteiger partial charge in [0.2, 0.25) is 0 Å². The van der Waals surface area contributed by atoms with Gasteiger partial charge in [-0.1, -0.05) is 40.5 Å². The molecule has 2 aliphatic rings. The Labute approximate surface area is 172 Å². The molecule has 27 heavy (non-hydrogen) atoms. The van der Waals surface area contributed by atoms with Crippen LogP contribution in [0.1, 0.15) is 57.4 Å². The first-order valence-corrected chi connectivity index (χ1v) is 11.5. The van der Waals surface area contributed by atoms with Crippen molar-refractivity contribution in [2.45, 2.75) is 70.4 Å². The molecule has 150 valence electrons. The first-order valence-electron chi connectivity index (χ1n) is 10.7.